The minimum Gasteiger partial charge on any atom is -0.353 e. The average molecular weight is 242 g/mol. The van der Waals surface area contributed by atoms with Crippen LogP contribution < -0.4 is 10.2 Å². The van der Waals surface area contributed by atoms with E-state index in [9.17, 15) is 0 Å². The first-order chi connectivity index (χ1) is 8.84. The minimum absolute atomic E-state index is 1.03. The molecule has 4 heteroatoms. The molecule has 0 atom stereocenters. The Bertz CT molecular complexity index is 512. The third-order valence-corrected chi connectivity index (χ3v) is 3.32. The second-order valence-electron chi connectivity index (χ2n) is 4.63. The van der Waals surface area contributed by atoms with Gasteiger partial charge in [-0.3, -0.25) is 0 Å². The molecule has 1 aliphatic rings. The van der Waals surface area contributed by atoms with Crippen LogP contribution in [0.5, 0.6) is 0 Å². The summed E-state index contributed by atoms with van der Waals surface area (Å²) < 4.78 is 2.01. The van der Waals surface area contributed by atoms with E-state index in [1.165, 1.54) is 5.69 Å². The van der Waals surface area contributed by atoms with Gasteiger partial charge in [0.1, 0.15) is 0 Å². The summed E-state index contributed by atoms with van der Waals surface area (Å²) in [6.07, 6.45) is 0. The molecule has 0 unspecified atom stereocenters. The zero-order chi connectivity index (χ0) is 12.4. The Labute approximate surface area is 107 Å². The van der Waals surface area contributed by atoms with Crippen molar-refractivity contribution in [2.45, 2.75) is 6.92 Å². The number of rotatable bonds is 2. The molecule has 1 aromatic heterocycles. The standard InChI is InChI=1S/C14H18N4/c1-12-11-14(17-9-7-15-8-10-17)16-18(12)13-5-3-2-4-6-13/h2-6,11,15H,7-10H2,1H3. The first-order valence-electron chi connectivity index (χ1n) is 6.42. The molecule has 1 fully saturated rings. The highest BCUT2D eigenvalue weighted by Crippen LogP contribution is 2.18. The van der Waals surface area contributed by atoms with Crippen LogP contribution in [-0.2, 0) is 0 Å². The summed E-state index contributed by atoms with van der Waals surface area (Å²) >= 11 is 0. The van der Waals surface area contributed by atoms with Crippen molar-refractivity contribution in [2.75, 3.05) is 31.1 Å². The summed E-state index contributed by atoms with van der Waals surface area (Å²) in [5.41, 5.74) is 2.30. The number of nitrogens with zero attached hydrogens (tertiary/aromatic N) is 3. The quantitative estimate of drug-likeness (QED) is 0.868. The Morgan fingerprint density at radius 1 is 1.11 bits per heavy atom. The molecule has 94 valence electrons. The van der Waals surface area contributed by atoms with Crippen LogP contribution in [-0.4, -0.2) is 36.0 Å². The van der Waals surface area contributed by atoms with Crippen molar-refractivity contribution in [2.24, 2.45) is 0 Å². The number of piperazine rings is 1. The van der Waals surface area contributed by atoms with Gasteiger partial charge in [-0.1, -0.05) is 18.2 Å². The van der Waals surface area contributed by atoms with Crippen molar-refractivity contribution in [3.63, 3.8) is 0 Å². The zero-order valence-corrected chi connectivity index (χ0v) is 10.6. The largest absolute Gasteiger partial charge is 0.353 e. The van der Waals surface area contributed by atoms with Gasteiger partial charge in [0.2, 0.25) is 0 Å². The molecule has 1 saturated heterocycles. The van der Waals surface area contributed by atoms with E-state index in [1.54, 1.807) is 0 Å². The third-order valence-electron chi connectivity index (χ3n) is 3.32. The second kappa shape index (κ2) is 4.82. The number of aromatic nitrogens is 2. The van der Waals surface area contributed by atoms with Gasteiger partial charge in [-0.05, 0) is 19.1 Å². The minimum atomic E-state index is 1.03. The highest BCUT2D eigenvalue weighted by atomic mass is 15.4. The fourth-order valence-corrected chi connectivity index (χ4v) is 2.34. The molecular weight excluding hydrogens is 224 g/mol. The molecule has 18 heavy (non-hydrogen) atoms. The molecule has 2 heterocycles. The van der Waals surface area contributed by atoms with Crippen LogP contribution in [0.25, 0.3) is 5.69 Å². The van der Waals surface area contributed by atoms with E-state index >= 15 is 0 Å². The van der Waals surface area contributed by atoms with Crippen LogP contribution >= 0.6 is 0 Å². The van der Waals surface area contributed by atoms with Crippen molar-refractivity contribution in [3.05, 3.63) is 42.1 Å². The first kappa shape index (κ1) is 11.3. The van der Waals surface area contributed by atoms with Gasteiger partial charge < -0.3 is 10.2 Å². The molecule has 0 amide bonds. The van der Waals surface area contributed by atoms with Gasteiger partial charge in [-0.2, -0.15) is 5.10 Å². The lowest BCUT2D eigenvalue weighted by molar-refractivity contribution is 0.583. The summed E-state index contributed by atoms with van der Waals surface area (Å²) in [4.78, 5) is 2.34. The fourth-order valence-electron chi connectivity index (χ4n) is 2.34. The molecule has 0 radical (unpaired) electrons. The van der Waals surface area contributed by atoms with Gasteiger partial charge in [0.05, 0.1) is 5.69 Å². The van der Waals surface area contributed by atoms with Crippen molar-refractivity contribution in [1.82, 2.24) is 15.1 Å². The van der Waals surface area contributed by atoms with Gasteiger partial charge in [0.25, 0.3) is 0 Å². The van der Waals surface area contributed by atoms with Crippen molar-refractivity contribution < 1.29 is 0 Å². The van der Waals surface area contributed by atoms with Gasteiger partial charge >= 0.3 is 0 Å². The monoisotopic (exact) mass is 242 g/mol. The van der Waals surface area contributed by atoms with E-state index in [2.05, 4.69) is 35.3 Å². The van der Waals surface area contributed by atoms with Crippen LogP contribution in [0.2, 0.25) is 0 Å². The summed E-state index contributed by atoms with van der Waals surface area (Å²) in [7, 11) is 0. The van der Waals surface area contributed by atoms with Crippen LogP contribution in [0.1, 0.15) is 5.69 Å². The number of nitrogens with one attached hydrogen (secondary N) is 1. The van der Waals surface area contributed by atoms with E-state index < -0.39 is 0 Å². The van der Waals surface area contributed by atoms with E-state index in [4.69, 9.17) is 5.10 Å². The number of para-hydroxylation sites is 1. The zero-order valence-electron chi connectivity index (χ0n) is 10.6. The topological polar surface area (TPSA) is 33.1 Å². The number of hydrogen-bond donors (Lipinski definition) is 1. The summed E-state index contributed by atoms with van der Waals surface area (Å²) in [5, 5.41) is 8.08. The van der Waals surface area contributed by atoms with Gasteiger partial charge in [-0.15, -0.1) is 0 Å². The number of benzene rings is 1. The summed E-state index contributed by atoms with van der Waals surface area (Å²) in [6, 6.07) is 12.4. The molecule has 1 N–H and O–H groups in total. The van der Waals surface area contributed by atoms with E-state index in [0.717, 1.165) is 37.7 Å². The number of hydrogen-bond acceptors (Lipinski definition) is 3. The van der Waals surface area contributed by atoms with Gasteiger partial charge in [0, 0.05) is 37.9 Å². The lowest BCUT2D eigenvalue weighted by Gasteiger charge is -2.27. The molecule has 0 saturated carbocycles. The van der Waals surface area contributed by atoms with E-state index in [-0.39, 0.29) is 0 Å². The van der Waals surface area contributed by atoms with Crippen molar-refractivity contribution >= 4 is 5.82 Å². The number of aryl methyl sites for hydroxylation is 1. The Kier molecular flexibility index (Phi) is 3.02. The second-order valence-corrected chi connectivity index (χ2v) is 4.63. The third kappa shape index (κ3) is 2.11. The molecule has 2 aromatic rings. The predicted octanol–water partition coefficient (Wildman–Crippen LogP) is 1.59. The lowest BCUT2D eigenvalue weighted by atomic mass is 10.3. The number of anilines is 1. The van der Waals surface area contributed by atoms with Gasteiger partial charge in [0.15, 0.2) is 5.82 Å². The Balaban J connectivity index is 1.91. The van der Waals surface area contributed by atoms with E-state index in [0.29, 0.717) is 0 Å². The maximum atomic E-state index is 4.72. The fraction of sp³-hybridized carbons (Fsp3) is 0.357. The van der Waals surface area contributed by atoms with Crippen LogP contribution in [0.15, 0.2) is 36.4 Å². The average Bonchev–Trinajstić information content (AvgIpc) is 2.83. The van der Waals surface area contributed by atoms with Crippen molar-refractivity contribution in [1.29, 1.82) is 0 Å². The molecule has 0 bridgehead atoms. The Hall–Kier alpha value is -1.81. The van der Waals surface area contributed by atoms with Gasteiger partial charge in [-0.25, -0.2) is 4.68 Å². The molecule has 1 aliphatic heterocycles. The molecule has 3 rings (SSSR count). The Morgan fingerprint density at radius 2 is 1.83 bits per heavy atom. The molecule has 0 spiro atoms. The molecular formula is C14H18N4. The maximum absolute atomic E-state index is 4.72. The molecule has 1 aromatic carbocycles. The summed E-state index contributed by atoms with van der Waals surface area (Å²) in [6.45, 7) is 6.25. The summed E-state index contributed by atoms with van der Waals surface area (Å²) in [5.74, 6) is 1.08. The van der Waals surface area contributed by atoms with Crippen molar-refractivity contribution in [3.8, 4) is 5.69 Å². The SMILES string of the molecule is Cc1cc(N2CCNCC2)nn1-c1ccccc1. The predicted molar refractivity (Wildman–Crippen MR) is 73.4 cm³/mol. The van der Waals surface area contributed by atoms with Crippen LogP contribution in [0.4, 0.5) is 5.82 Å². The van der Waals surface area contributed by atoms with Crippen LogP contribution in [0, 0.1) is 6.92 Å². The molecule has 0 aliphatic carbocycles. The lowest BCUT2D eigenvalue weighted by Crippen LogP contribution is -2.43. The molecule has 4 nitrogen and oxygen atoms in total. The maximum Gasteiger partial charge on any atom is 0.151 e. The Morgan fingerprint density at radius 3 is 2.56 bits per heavy atom. The highest BCUT2D eigenvalue weighted by Gasteiger charge is 2.14. The highest BCUT2D eigenvalue weighted by molar-refractivity contribution is 5.44. The van der Waals surface area contributed by atoms with Crippen LogP contribution in [0.3, 0.4) is 0 Å². The van der Waals surface area contributed by atoms with E-state index in [1.807, 2.05) is 22.9 Å². The first-order valence-corrected chi connectivity index (χ1v) is 6.42. The smallest absolute Gasteiger partial charge is 0.151 e. The normalized spacial score (nSPS) is 15.9.